The first-order valence-corrected chi connectivity index (χ1v) is 9.18. The lowest BCUT2D eigenvalue weighted by atomic mass is 10.1. The number of nitrogens with zero attached hydrogens (tertiary/aromatic N) is 3. The number of hydrogen-bond acceptors (Lipinski definition) is 2. The first-order chi connectivity index (χ1) is 12.5. The van der Waals surface area contributed by atoms with Gasteiger partial charge in [0.2, 0.25) is 0 Å². The van der Waals surface area contributed by atoms with E-state index in [2.05, 4.69) is 41.8 Å². The van der Waals surface area contributed by atoms with Crippen LogP contribution >= 0.6 is 0 Å². The van der Waals surface area contributed by atoms with Gasteiger partial charge in [-0.15, -0.1) is 0 Å². The summed E-state index contributed by atoms with van der Waals surface area (Å²) >= 11 is 0. The van der Waals surface area contributed by atoms with E-state index in [-0.39, 0.29) is 11.5 Å². The molecule has 0 spiro atoms. The number of benzene rings is 1. The number of likely N-dealkylation sites (tertiary alicyclic amines) is 1. The van der Waals surface area contributed by atoms with Crippen LogP contribution in [0.4, 0.5) is 0 Å². The van der Waals surface area contributed by atoms with Gasteiger partial charge in [0.1, 0.15) is 11.6 Å². The van der Waals surface area contributed by atoms with E-state index in [4.69, 9.17) is 0 Å². The molecule has 0 aliphatic carbocycles. The lowest BCUT2D eigenvalue weighted by molar-refractivity contribution is -0.127. The van der Waals surface area contributed by atoms with Crippen LogP contribution < -0.4 is 0 Å². The van der Waals surface area contributed by atoms with Crippen molar-refractivity contribution in [3.63, 3.8) is 0 Å². The van der Waals surface area contributed by atoms with Crippen molar-refractivity contribution in [3.05, 3.63) is 58.4 Å². The Hall–Kier alpha value is -2.80. The van der Waals surface area contributed by atoms with Gasteiger partial charge in [-0.05, 0) is 69.9 Å². The Morgan fingerprint density at radius 3 is 2.35 bits per heavy atom. The Balaban J connectivity index is 1.94. The summed E-state index contributed by atoms with van der Waals surface area (Å²) in [6, 6.07) is 12.5. The van der Waals surface area contributed by atoms with Crippen LogP contribution in [0, 0.1) is 32.1 Å². The lowest BCUT2D eigenvalue weighted by Crippen LogP contribution is -2.36. The molecule has 4 heteroatoms. The van der Waals surface area contributed by atoms with E-state index in [1.165, 1.54) is 5.56 Å². The molecule has 0 N–H and O–H groups in total. The van der Waals surface area contributed by atoms with Crippen LogP contribution in [0.1, 0.15) is 41.8 Å². The topological polar surface area (TPSA) is 49.0 Å². The highest BCUT2D eigenvalue weighted by molar-refractivity contribution is 6.01. The number of carbonyl (C=O) groups excluding carboxylic acids is 1. The minimum absolute atomic E-state index is 0.146. The van der Waals surface area contributed by atoms with E-state index in [1.807, 2.05) is 19.9 Å². The van der Waals surface area contributed by atoms with Crippen molar-refractivity contribution >= 4 is 12.0 Å². The molecule has 0 atom stereocenters. The van der Waals surface area contributed by atoms with Gasteiger partial charge in [0, 0.05) is 30.2 Å². The molecule has 2 aromatic rings. The first-order valence-electron chi connectivity index (χ1n) is 9.18. The first kappa shape index (κ1) is 18.0. The Kier molecular flexibility index (Phi) is 5.27. The van der Waals surface area contributed by atoms with Crippen molar-refractivity contribution < 1.29 is 4.79 Å². The summed E-state index contributed by atoms with van der Waals surface area (Å²) in [5.41, 5.74) is 5.56. The molecule has 3 rings (SSSR count). The van der Waals surface area contributed by atoms with E-state index in [0.717, 1.165) is 55.0 Å². The monoisotopic (exact) mass is 347 g/mol. The number of nitriles is 1. The van der Waals surface area contributed by atoms with E-state index in [1.54, 1.807) is 11.0 Å². The molecule has 134 valence electrons. The van der Waals surface area contributed by atoms with Crippen molar-refractivity contribution in [2.75, 3.05) is 13.1 Å². The van der Waals surface area contributed by atoms with E-state index in [9.17, 15) is 10.1 Å². The maximum absolute atomic E-state index is 12.7. The van der Waals surface area contributed by atoms with Crippen LogP contribution in [0.5, 0.6) is 0 Å². The Morgan fingerprint density at radius 2 is 1.73 bits per heavy atom. The standard InChI is InChI=1S/C22H25N3O/c1-16-7-9-21(10-8-16)25-17(2)13-19(18(25)3)14-20(15-23)22(26)24-11-5-4-6-12-24/h7-10,13-14H,4-6,11-12H2,1-3H3/b20-14+. The smallest absolute Gasteiger partial charge is 0.264 e. The van der Waals surface area contributed by atoms with Gasteiger partial charge < -0.3 is 9.47 Å². The van der Waals surface area contributed by atoms with Gasteiger partial charge in [0.15, 0.2) is 0 Å². The van der Waals surface area contributed by atoms with Crippen molar-refractivity contribution in [2.45, 2.75) is 40.0 Å². The van der Waals surface area contributed by atoms with Crippen LogP contribution in [0.25, 0.3) is 11.8 Å². The third kappa shape index (κ3) is 3.57. The fourth-order valence-corrected chi connectivity index (χ4v) is 3.59. The van der Waals surface area contributed by atoms with Crippen LogP contribution in [0.3, 0.4) is 0 Å². The molecule has 0 saturated carbocycles. The zero-order valence-corrected chi connectivity index (χ0v) is 15.7. The van der Waals surface area contributed by atoms with Crippen LogP contribution in [-0.4, -0.2) is 28.5 Å². The summed E-state index contributed by atoms with van der Waals surface area (Å²) in [6.07, 6.45) is 4.94. The molecule has 26 heavy (non-hydrogen) atoms. The molecule has 0 radical (unpaired) electrons. The molecule has 1 aliphatic heterocycles. The molecule has 2 heterocycles. The summed E-state index contributed by atoms with van der Waals surface area (Å²) in [5.74, 6) is -0.146. The quantitative estimate of drug-likeness (QED) is 0.613. The van der Waals surface area contributed by atoms with Gasteiger partial charge in [-0.25, -0.2) is 0 Å². The molecular weight excluding hydrogens is 322 g/mol. The second-order valence-electron chi connectivity index (χ2n) is 7.02. The maximum Gasteiger partial charge on any atom is 0.264 e. The number of hydrogen-bond donors (Lipinski definition) is 0. The minimum Gasteiger partial charge on any atom is -0.338 e. The summed E-state index contributed by atoms with van der Waals surface area (Å²) in [5, 5.41) is 9.53. The van der Waals surface area contributed by atoms with E-state index in [0.29, 0.717) is 0 Å². The van der Waals surface area contributed by atoms with Gasteiger partial charge >= 0.3 is 0 Å². The Morgan fingerprint density at radius 1 is 1.08 bits per heavy atom. The van der Waals surface area contributed by atoms with Gasteiger partial charge in [-0.3, -0.25) is 4.79 Å². The van der Waals surface area contributed by atoms with Crippen LogP contribution in [0.15, 0.2) is 35.9 Å². The number of amides is 1. The second-order valence-corrected chi connectivity index (χ2v) is 7.02. The molecule has 1 saturated heterocycles. The highest BCUT2D eigenvalue weighted by Gasteiger charge is 2.21. The van der Waals surface area contributed by atoms with Crippen LogP contribution in [0.2, 0.25) is 0 Å². The third-order valence-corrected chi connectivity index (χ3v) is 5.06. The number of aromatic nitrogens is 1. The molecule has 1 fully saturated rings. The predicted octanol–water partition coefficient (Wildman–Crippen LogP) is 4.32. The van der Waals surface area contributed by atoms with Gasteiger partial charge in [0.05, 0.1) is 0 Å². The zero-order valence-electron chi connectivity index (χ0n) is 15.7. The minimum atomic E-state index is -0.146. The molecule has 1 amide bonds. The Bertz CT molecular complexity index is 875. The zero-order chi connectivity index (χ0) is 18.7. The number of piperidine rings is 1. The molecule has 0 bridgehead atoms. The van der Waals surface area contributed by atoms with Gasteiger partial charge in [0.25, 0.3) is 5.91 Å². The largest absolute Gasteiger partial charge is 0.338 e. The fourth-order valence-electron chi connectivity index (χ4n) is 3.59. The summed E-state index contributed by atoms with van der Waals surface area (Å²) in [7, 11) is 0. The number of rotatable bonds is 3. The molecule has 1 aromatic heterocycles. The van der Waals surface area contributed by atoms with E-state index < -0.39 is 0 Å². The van der Waals surface area contributed by atoms with Crippen molar-refractivity contribution in [1.29, 1.82) is 5.26 Å². The van der Waals surface area contributed by atoms with E-state index >= 15 is 0 Å². The van der Waals surface area contributed by atoms with Gasteiger partial charge in [-0.2, -0.15) is 5.26 Å². The average molecular weight is 347 g/mol. The highest BCUT2D eigenvalue weighted by Crippen LogP contribution is 2.24. The van der Waals surface area contributed by atoms with Crippen molar-refractivity contribution in [2.24, 2.45) is 0 Å². The molecule has 4 nitrogen and oxygen atoms in total. The summed E-state index contributed by atoms with van der Waals surface area (Å²) in [4.78, 5) is 14.5. The predicted molar refractivity (Wildman–Crippen MR) is 104 cm³/mol. The molecular formula is C22H25N3O. The summed E-state index contributed by atoms with van der Waals surface area (Å²) < 4.78 is 2.16. The molecule has 1 aliphatic rings. The highest BCUT2D eigenvalue weighted by atomic mass is 16.2. The molecule has 0 unspecified atom stereocenters. The second kappa shape index (κ2) is 7.61. The lowest BCUT2D eigenvalue weighted by Gasteiger charge is -2.26. The maximum atomic E-state index is 12.7. The normalized spacial score (nSPS) is 15.0. The number of aryl methyl sites for hydroxylation is 2. The summed E-state index contributed by atoms with van der Waals surface area (Å²) in [6.45, 7) is 7.64. The fraction of sp³-hybridized carbons (Fsp3) is 0.364. The third-order valence-electron chi connectivity index (χ3n) is 5.06. The average Bonchev–Trinajstić information content (AvgIpc) is 2.94. The van der Waals surface area contributed by atoms with Crippen molar-refractivity contribution in [3.8, 4) is 11.8 Å². The van der Waals surface area contributed by atoms with Crippen LogP contribution in [-0.2, 0) is 4.79 Å². The molecule has 1 aromatic carbocycles. The van der Waals surface area contributed by atoms with Crippen molar-refractivity contribution in [1.82, 2.24) is 9.47 Å². The van der Waals surface area contributed by atoms with Gasteiger partial charge in [-0.1, -0.05) is 17.7 Å². The SMILES string of the molecule is Cc1ccc(-n2c(C)cc(/C=C(\C#N)C(=O)N3CCCCC3)c2C)cc1. The number of carbonyl (C=O) groups is 1. The Labute approximate surface area is 155 Å².